The Morgan fingerprint density at radius 1 is 1.09 bits per heavy atom. The molecule has 0 radical (unpaired) electrons. The van der Waals surface area contributed by atoms with E-state index in [4.69, 9.17) is 32.5 Å². The van der Waals surface area contributed by atoms with E-state index < -0.39 is 0 Å². The zero-order valence-electron chi connectivity index (χ0n) is 12.1. The van der Waals surface area contributed by atoms with Crippen LogP contribution in [-0.2, 0) is 5.75 Å². The Morgan fingerprint density at radius 3 is 2.57 bits per heavy atom. The molecule has 2 aromatic carbocycles. The summed E-state index contributed by atoms with van der Waals surface area (Å²) >= 11 is 13.4. The molecule has 4 nitrogen and oxygen atoms in total. The Kier molecular flexibility index (Phi) is 5.10. The van der Waals surface area contributed by atoms with Gasteiger partial charge >= 0.3 is 0 Å². The molecule has 0 fully saturated rings. The zero-order chi connectivity index (χ0) is 16.2. The van der Waals surface area contributed by atoms with Gasteiger partial charge in [-0.2, -0.15) is 4.98 Å². The average Bonchev–Trinajstić information content (AvgIpc) is 3.05. The van der Waals surface area contributed by atoms with Gasteiger partial charge in [0.25, 0.3) is 5.89 Å². The summed E-state index contributed by atoms with van der Waals surface area (Å²) in [4.78, 5) is 4.36. The lowest BCUT2D eigenvalue weighted by atomic mass is 10.2. The molecule has 0 N–H and O–H groups in total. The van der Waals surface area contributed by atoms with Crippen molar-refractivity contribution in [1.82, 2.24) is 10.1 Å². The molecule has 0 spiro atoms. The second-order valence-electron chi connectivity index (χ2n) is 4.65. The normalized spacial score (nSPS) is 10.7. The molecular weight excluding hydrogens is 355 g/mol. The Bertz CT molecular complexity index is 806. The zero-order valence-corrected chi connectivity index (χ0v) is 14.5. The van der Waals surface area contributed by atoms with Gasteiger partial charge in [0, 0.05) is 11.3 Å². The van der Waals surface area contributed by atoms with Crippen molar-refractivity contribution >= 4 is 35.0 Å². The topological polar surface area (TPSA) is 48.2 Å². The molecule has 7 heteroatoms. The molecule has 23 heavy (non-hydrogen) atoms. The van der Waals surface area contributed by atoms with Gasteiger partial charge in [-0.25, -0.2) is 0 Å². The van der Waals surface area contributed by atoms with Gasteiger partial charge in [-0.3, -0.25) is 0 Å². The van der Waals surface area contributed by atoms with Crippen molar-refractivity contribution in [2.24, 2.45) is 0 Å². The van der Waals surface area contributed by atoms with E-state index in [1.807, 2.05) is 24.3 Å². The Morgan fingerprint density at radius 2 is 1.87 bits per heavy atom. The maximum absolute atomic E-state index is 6.00. The van der Waals surface area contributed by atoms with Crippen LogP contribution in [0.2, 0.25) is 10.0 Å². The van der Waals surface area contributed by atoms with Crippen LogP contribution >= 0.6 is 35.0 Å². The van der Waals surface area contributed by atoms with Crippen LogP contribution in [0.25, 0.3) is 11.5 Å². The first-order valence-electron chi connectivity index (χ1n) is 6.70. The highest BCUT2D eigenvalue weighted by atomic mass is 35.5. The SMILES string of the molecule is COc1ccc(CSc2noc(-c3ccc(Cl)c(Cl)c3)n2)cc1. The molecular formula is C16H12Cl2N2O2S. The van der Waals surface area contributed by atoms with Crippen LogP contribution in [0.15, 0.2) is 52.1 Å². The summed E-state index contributed by atoms with van der Waals surface area (Å²) in [6, 6.07) is 13.1. The van der Waals surface area contributed by atoms with Crippen molar-refractivity contribution in [1.29, 1.82) is 0 Å². The second kappa shape index (κ2) is 7.25. The molecule has 1 aromatic heterocycles. The van der Waals surface area contributed by atoms with Crippen molar-refractivity contribution in [3.05, 3.63) is 58.1 Å². The Labute approximate surface area is 147 Å². The first-order valence-corrected chi connectivity index (χ1v) is 8.45. The predicted octanol–water partition coefficient (Wildman–Crippen LogP) is 5.34. The van der Waals surface area contributed by atoms with Crippen LogP contribution < -0.4 is 4.74 Å². The molecule has 0 unspecified atom stereocenters. The van der Waals surface area contributed by atoms with E-state index in [9.17, 15) is 0 Å². The Hall–Kier alpha value is -1.69. The number of hydrogen-bond donors (Lipinski definition) is 0. The summed E-state index contributed by atoms with van der Waals surface area (Å²) < 4.78 is 10.4. The second-order valence-corrected chi connectivity index (χ2v) is 6.40. The van der Waals surface area contributed by atoms with Gasteiger partial charge in [0.1, 0.15) is 5.75 Å². The molecule has 0 atom stereocenters. The monoisotopic (exact) mass is 366 g/mol. The summed E-state index contributed by atoms with van der Waals surface area (Å²) in [6.07, 6.45) is 0. The summed E-state index contributed by atoms with van der Waals surface area (Å²) in [5.74, 6) is 1.99. The van der Waals surface area contributed by atoms with Crippen LogP contribution in [0.3, 0.4) is 0 Å². The van der Waals surface area contributed by atoms with Crippen molar-refractivity contribution in [3.63, 3.8) is 0 Å². The van der Waals surface area contributed by atoms with Crippen LogP contribution in [0.5, 0.6) is 5.75 Å². The molecule has 0 aliphatic carbocycles. The smallest absolute Gasteiger partial charge is 0.258 e. The van der Waals surface area contributed by atoms with Crippen LogP contribution in [0, 0.1) is 0 Å². The lowest BCUT2D eigenvalue weighted by Crippen LogP contribution is -1.85. The number of methoxy groups -OCH3 is 1. The fourth-order valence-corrected chi connectivity index (χ4v) is 2.91. The number of hydrogen-bond acceptors (Lipinski definition) is 5. The van der Waals surface area contributed by atoms with Gasteiger partial charge in [-0.1, -0.05) is 47.1 Å². The summed E-state index contributed by atoms with van der Waals surface area (Å²) in [5, 5.41) is 5.48. The molecule has 3 rings (SSSR count). The maximum atomic E-state index is 6.00. The molecule has 0 aliphatic heterocycles. The minimum absolute atomic E-state index is 0.417. The first kappa shape index (κ1) is 16.2. The highest BCUT2D eigenvalue weighted by Gasteiger charge is 2.11. The van der Waals surface area contributed by atoms with Gasteiger partial charge < -0.3 is 9.26 Å². The summed E-state index contributed by atoms with van der Waals surface area (Å²) in [7, 11) is 1.65. The van der Waals surface area contributed by atoms with E-state index in [0.29, 0.717) is 21.1 Å². The van der Waals surface area contributed by atoms with Crippen LogP contribution in [0.4, 0.5) is 0 Å². The van der Waals surface area contributed by atoms with Gasteiger partial charge in [-0.05, 0) is 41.1 Å². The van der Waals surface area contributed by atoms with Crippen LogP contribution in [-0.4, -0.2) is 17.3 Å². The van der Waals surface area contributed by atoms with Gasteiger partial charge in [0.2, 0.25) is 5.16 Å². The van der Waals surface area contributed by atoms with E-state index in [1.54, 1.807) is 25.3 Å². The van der Waals surface area contributed by atoms with Gasteiger partial charge in [0.15, 0.2) is 0 Å². The maximum Gasteiger partial charge on any atom is 0.258 e. The van der Waals surface area contributed by atoms with Crippen molar-refractivity contribution < 1.29 is 9.26 Å². The van der Waals surface area contributed by atoms with Gasteiger partial charge in [-0.15, -0.1) is 0 Å². The highest BCUT2D eigenvalue weighted by Crippen LogP contribution is 2.29. The van der Waals surface area contributed by atoms with E-state index >= 15 is 0 Å². The van der Waals surface area contributed by atoms with E-state index in [2.05, 4.69) is 10.1 Å². The van der Waals surface area contributed by atoms with E-state index in [1.165, 1.54) is 11.8 Å². The quantitative estimate of drug-likeness (QED) is 0.570. The van der Waals surface area contributed by atoms with Crippen molar-refractivity contribution in [2.75, 3.05) is 7.11 Å². The minimum atomic E-state index is 0.417. The van der Waals surface area contributed by atoms with Gasteiger partial charge in [0.05, 0.1) is 17.2 Å². The first-order chi connectivity index (χ1) is 11.2. The Balaban J connectivity index is 1.67. The number of thioether (sulfide) groups is 1. The number of aromatic nitrogens is 2. The lowest BCUT2D eigenvalue weighted by Gasteiger charge is -2.01. The lowest BCUT2D eigenvalue weighted by molar-refractivity contribution is 0.414. The van der Waals surface area contributed by atoms with Crippen molar-refractivity contribution in [3.8, 4) is 17.2 Å². The third kappa shape index (κ3) is 3.99. The highest BCUT2D eigenvalue weighted by molar-refractivity contribution is 7.98. The van der Waals surface area contributed by atoms with E-state index in [-0.39, 0.29) is 0 Å². The molecule has 0 aliphatic rings. The average molecular weight is 367 g/mol. The molecule has 118 valence electrons. The standard InChI is InChI=1S/C16H12Cl2N2O2S/c1-21-12-5-2-10(3-6-12)9-23-16-19-15(22-20-16)11-4-7-13(17)14(18)8-11/h2-8H,9H2,1H3. The number of benzene rings is 2. The molecule has 0 bridgehead atoms. The summed E-state index contributed by atoms with van der Waals surface area (Å²) in [6.45, 7) is 0. The van der Waals surface area contributed by atoms with Crippen molar-refractivity contribution in [2.45, 2.75) is 10.9 Å². The number of nitrogens with zero attached hydrogens (tertiary/aromatic N) is 2. The summed E-state index contributed by atoms with van der Waals surface area (Å²) in [5.41, 5.74) is 1.89. The minimum Gasteiger partial charge on any atom is -0.497 e. The number of rotatable bonds is 5. The third-order valence-corrected chi connectivity index (χ3v) is 4.74. The van der Waals surface area contributed by atoms with E-state index in [0.717, 1.165) is 22.6 Å². The third-order valence-electron chi connectivity index (χ3n) is 3.10. The molecule has 1 heterocycles. The largest absolute Gasteiger partial charge is 0.497 e. The molecule has 0 saturated carbocycles. The predicted molar refractivity (Wildman–Crippen MR) is 92.3 cm³/mol. The fraction of sp³-hybridized carbons (Fsp3) is 0.125. The number of halogens is 2. The molecule has 0 amide bonds. The fourth-order valence-electron chi connectivity index (χ4n) is 1.88. The number of ether oxygens (including phenoxy) is 1. The van der Waals surface area contributed by atoms with Crippen LogP contribution in [0.1, 0.15) is 5.56 Å². The molecule has 0 saturated heterocycles. The molecule has 3 aromatic rings.